The SMILES string of the molecule is [CH2-]CN(C[CH2-])c1cc(-c2cnc(N)cc2C(F)(F)F)nc(N2CCOCC2)n1.[U+2]. The largest absolute Gasteiger partial charge is 2.00 e. The van der Waals surface area contributed by atoms with Crippen molar-refractivity contribution in [2.75, 3.05) is 54.9 Å². The molecule has 0 saturated carbocycles. The topological polar surface area (TPSA) is 80.4 Å². The second-order valence-corrected chi connectivity index (χ2v) is 6.15. The van der Waals surface area contributed by atoms with E-state index in [1.54, 1.807) is 4.90 Å². The summed E-state index contributed by atoms with van der Waals surface area (Å²) in [7, 11) is 0. The molecule has 154 valence electrons. The summed E-state index contributed by atoms with van der Waals surface area (Å²) < 4.78 is 46.1. The van der Waals surface area contributed by atoms with Crippen LogP contribution in [0.2, 0.25) is 0 Å². The van der Waals surface area contributed by atoms with Gasteiger partial charge in [0.05, 0.1) is 24.5 Å². The van der Waals surface area contributed by atoms with Crippen molar-refractivity contribution in [2.24, 2.45) is 0 Å². The van der Waals surface area contributed by atoms with Gasteiger partial charge in [0.15, 0.2) is 0 Å². The molecular weight excluding hydrogens is 611 g/mol. The number of aromatic nitrogens is 3. The summed E-state index contributed by atoms with van der Waals surface area (Å²) in [5.74, 6) is 0.560. The maximum atomic E-state index is 13.6. The van der Waals surface area contributed by atoms with E-state index >= 15 is 0 Å². The van der Waals surface area contributed by atoms with Crippen molar-refractivity contribution < 1.29 is 49.0 Å². The fourth-order valence-corrected chi connectivity index (χ4v) is 2.88. The molecule has 2 aromatic rings. The number of alkyl halides is 3. The molecule has 0 aliphatic carbocycles. The Morgan fingerprint density at radius 1 is 1.14 bits per heavy atom. The zero-order valence-electron chi connectivity index (χ0n) is 15.7. The average Bonchev–Trinajstić information content (AvgIpc) is 2.69. The summed E-state index contributed by atoms with van der Waals surface area (Å²) in [5, 5.41) is 0. The van der Waals surface area contributed by atoms with Crippen LogP contribution in [0, 0.1) is 45.0 Å². The molecule has 7 nitrogen and oxygen atoms in total. The number of rotatable bonds is 5. The van der Waals surface area contributed by atoms with Gasteiger partial charge in [0.2, 0.25) is 5.95 Å². The number of nitrogen functional groups attached to an aromatic ring is 1. The Labute approximate surface area is 191 Å². The third kappa shape index (κ3) is 5.53. The number of pyridine rings is 1. The van der Waals surface area contributed by atoms with Gasteiger partial charge in [-0.05, 0) is 6.07 Å². The van der Waals surface area contributed by atoms with E-state index < -0.39 is 11.7 Å². The number of hydrogen-bond acceptors (Lipinski definition) is 7. The van der Waals surface area contributed by atoms with Crippen molar-refractivity contribution in [1.29, 1.82) is 0 Å². The molecule has 0 aromatic carbocycles. The summed E-state index contributed by atoms with van der Waals surface area (Å²) in [6, 6.07) is 2.30. The Bertz CT molecular complexity index is 826. The van der Waals surface area contributed by atoms with Gasteiger partial charge in [0, 0.05) is 30.9 Å². The van der Waals surface area contributed by atoms with Gasteiger partial charge in [-0.3, -0.25) is 0 Å². The Morgan fingerprint density at radius 2 is 1.79 bits per heavy atom. The molecule has 0 atom stereocenters. The first-order valence-corrected chi connectivity index (χ1v) is 8.71. The van der Waals surface area contributed by atoms with Crippen LogP contribution in [0.25, 0.3) is 11.3 Å². The van der Waals surface area contributed by atoms with Gasteiger partial charge in [-0.2, -0.15) is 18.2 Å². The monoisotopic (exact) mass is 632 g/mol. The molecule has 3 rings (SSSR count). The van der Waals surface area contributed by atoms with E-state index in [-0.39, 0.29) is 48.2 Å². The van der Waals surface area contributed by atoms with Crippen LogP contribution < -0.4 is 15.5 Å². The van der Waals surface area contributed by atoms with E-state index in [0.29, 0.717) is 51.2 Å². The number of morpholine rings is 1. The third-order valence-corrected chi connectivity index (χ3v) is 4.37. The van der Waals surface area contributed by atoms with Gasteiger partial charge >= 0.3 is 37.3 Å². The van der Waals surface area contributed by atoms with Gasteiger partial charge in [0.25, 0.3) is 0 Å². The molecular formula is C18H21F3N6OU. The molecule has 0 radical (unpaired) electrons. The van der Waals surface area contributed by atoms with Crippen molar-refractivity contribution in [3.63, 3.8) is 0 Å². The molecule has 1 aliphatic rings. The molecule has 2 aromatic heterocycles. The smallest absolute Gasteiger partial charge is 0.416 e. The maximum absolute atomic E-state index is 13.6. The van der Waals surface area contributed by atoms with Crippen molar-refractivity contribution >= 4 is 17.6 Å². The second-order valence-electron chi connectivity index (χ2n) is 6.15. The van der Waals surface area contributed by atoms with E-state index in [2.05, 4.69) is 28.8 Å². The summed E-state index contributed by atoms with van der Waals surface area (Å²) in [6.07, 6.45) is -3.51. The van der Waals surface area contributed by atoms with Crippen LogP contribution in [0.1, 0.15) is 5.56 Å². The summed E-state index contributed by atoms with van der Waals surface area (Å²) >= 11 is 0. The first-order valence-electron chi connectivity index (χ1n) is 8.71. The van der Waals surface area contributed by atoms with Gasteiger partial charge in [0.1, 0.15) is 11.6 Å². The average molecular weight is 632 g/mol. The van der Waals surface area contributed by atoms with Crippen molar-refractivity contribution in [2.45, 2.75) is 6.18 Å². The first-order chi connectivity index (χ1) is 13.3. The van der Waals surface area contributed by atoms with Gasteiger partial charge in [-0.15, -0.1) is 13.1 Å². The molecule has 3 heterocycles. The zero-order valence-corrected chi connectivity index (χ0v) is 19.9. The van der Waals surface area contributed by atoms with Gasteiger partial charge in [-0.25, -0.2) is 9.97 Å². The molecule has 0 unspecified atom stereocenters. The second kappa shape index (κ2) is 9.96. The number of nitrogens with zero attached hydrogens (tertiary/aromatic N) is 5. The molecule has 29 heavy (non-hydrogen) atoms. The minimum atomic E-state index is -4.60. The Hall–Kier alpha value is -1.57. The molecule has 11 heteroatoms. The minimum absolute atomic E-state index is 0. The number of anilines is 3. The van der Waals surface area contributed by atoms with Crippen LogP contribution in [-0.2, 0) is 10.9 Å². The van der Waals surface area contributed by atoms with Gasteiger partial charge < -0.3 is 34.1 Å². The predicted octanol–water partition coefficient (Wildman–Crippen LogP) is 2.45. The normalized spacial score (nSPS) is 14.4. The Kier molecular flexibility index (Phi) is 8.14. The standard InChI is InChI=1S/C18H21F3N6O.U/c1-3-26(4-2)16-10-14(24-17(25-16)27-5-7-28-8-6-27)12-11-23-15(22)9-13(12)18(19,20)21;/h9-11H,1-8H2,(H2,22,23);/q-2;+2. The van der Waals surface area contributed by atoms with Crippen LogP contribution in [0.15, 0.2) is 18.3 Å². The number of ether oxygens (including phenoxy) is 1. The third-order valence-electron chi connectivity index (χ3n) is 4.37. The van der Waals surface area contributed by atoms with Crippen molar-refractivity contribution in [3.8, 4) is 11.3 Å². The van der Waals surface area contributed by atoms with Crippen LogP contribution >= 0.6 is 0 Å². The molecule has 0 spiro atoms. The minimum Gasteiger partial charge on any atom is -0.416 e. The van der Waals surface area contributed by atoms with Crippen LogP contribution in [0.5, 0.6) is 0 Å². The maximum Gasteiger partial charge on any atom is 2.00 e. The van der Waals surface area contributed by atoms with Gasteiger partial charge in [-0.1, -0.05) is 0 Å². The molecule has 1 saturated heterocycles. The van der Waals surface area contributed by atoms with E-state index in [0.717, 1.165) is 12.3 Å². The fourth-order valence-electron chi connectivity index (χ4n) is 2.88. The molecule has 0 bridgehead atoms. The quantitative estimate of drug-likeness (QED) is 0.508. The summed E-state index contributed by atoms with van der Waals surface area (Å²) in [5.41, 5.74) is 4.53. The Balaban J connectivity index is 0.00000300. The fraction of sp³-hybridized carbons (Fsp3) is 0.389. The van der Waals surface area contributed by atoms with Crippen molar-refractivity contribution in [3.05, 3.63) is 37.7 Å². The molecule has 2 N–H and O–H groups in total. The predicted molar refractivity (Wildman–Crippen MR) is 101 cm³/mol. The van der Waals surface area contributed by atoms with E-state index in [1.807, 2.05) is 4.90 Å². The Morgan fingerprint density at radius 3 is 2.38 bits per heavy atom. The summed E-state index contributed by atoms with van der Waals surface area (Å²) in [6.45, 7) is 10.5. The van der Waals surface area contributed by atoms with Crippen molar-refractivity contribution in [1.82, 2.24) is 15.0 Å². The van der Waals surface area contributed by atoms with Crippen LogP contribution in [0.4, 0.5) is 30.8 Å². The summed E-state index contributed by atoms with van der Waals surface area (Å²) in [4.78, 5) is 16.4. The van der Waals surface area contributed by atoms with E-state index in [4.69, 9.17) is 10.5 Å². The van der Waals surface area contributed by atoms with E-state index in [1.165, 1.54) is 6.07 Å². The number of nitrogens with two attached hydrogens (primary N) is 1. The zero-order chi connectivity index (χ0) is 20.3. The molecule has 0 amide bonds. The first kappa shape index (κ1) is 23.7. The van der Waals surface area contributed by atoms with E-state index in [9.17, 15) is 13.2 Å². The number of halogens is 3. The van der Waals surface area contributed by atoms with Crippen LogP contribution in [0.3, 0.4) is 0 Å². The molecule has 1 fully saturated rings. The number of hydrogen-bond donors (Lipinski definition) is 1. The van der Waals surface area contributed by atoms with Crippen LogP contribution in [-0.4, -0.2) is 54.3 Å². The molecule has 1 aliphatic heterocycles.